The zero-order chi connectivity index (χ0) is 14.0. The van der Waals surface area contributed by atoms with Crippen molar-refractivity contribution in [3.63, 3.8) is 0 Å². The van der Waals surface area contributed by atoms with E-state index in [0.717, 1.165) is 34.5 Å². The van der Waals surface area contributed by atoms with Crippen LogP contribution in [0.3, 0.4) is 0 Å². The Hall–Kier alpha value is -1.45. The third-order valence-electron chi connectivity index (χ3n) is 3.17. The fourth-order valence-electron chi connectivity index (χ4n) is 2.00. The van der Waals surface area contributed by atoms with Gasteiger partial charge in [-0.1, -0.05) is 30.7 Å². The largest absolute Gasteiger partial charge is 0.384 e. The molecule has 0 radical (unpaired) electrons. The summed E-state index contributed by atoms with van der Waals surface area (Å²) in [5.74, 6) is 0. The molecule has 1 atom stereocenters. The van der Waals surface area contributed by atoms with Crippen LogP contribution in [0.1, 0.15) is 41.1 Å². The lowest BCUT2D eigenvalue weighted by Crippen LogP contribution is -2.07. The average molecular weight is 277 g/mol. The summed E-state index contributed by atoms with van der Waals surface area (Å²) in [6, 6.07) is 7.48. The normalized spacial score (nSPS) is 12.5. The van der Waals surface area contributed by atoms with E-state index in [-0.39, 0.29) is 0 Å². The Kier molecular flexibility index (Phi) is 4.17. The highest BCUT2D eigenvalue weighted by Gasteiger charge is 2.16. The zero-order valence-electron chi connectivity index (χ0n) is 11.3. The van der Waals surface area contributed by atoms with E-state index in [1.165, 1.54) is 0 Å². The van der Waals surface area contributed by atoms with Crippen LogP contribution < -0.4 is 0 Å². The smallest absolute Gasteiger partial charge is 0.106 e. The molecular weight excluding hydrogens is 260 g/mol. The lowest BCUT2D eigenvalue weighted by molar-refractivity contribution is 0.218. The Morgan fingerprint density at radius 3 is 2.58 bits per heavy atom. The first-order valence-electron chi connectivity index (χ1n) is 6.30. The van der Waals surface area contributed by atoms with E-state index in [4.69, 9.17) is 11.6 Å². The molecule has 0 aliphatic heterocycles. The van der Waals surface area contributed by atoms with Crippen molar-refractivity contribution in [2.45, 2.75) is 33.3 Å². The molecule has 0 amide bonds. The highest BCUT2D eigenvalue weighted by Crippen LogP contribution is 2.27. The predicted molar refractivity (Wildman–Crippen MR) is 76.4 cm³/mol. The first-order valence-corrected chi connectivity index (χ1v) is 6.68. The van der Waals surface area contributed by atoms with Crippen molar-refractivity contribution in [3.05, 3.63) is 57.4 Å². The summed E-state index contributed by atoms with van der Waals surface area (Å²) in [5, 5.41) is 19.3. The quantitative estimate of drug-likeness (QED) is 0.935. The van der Waals surface area contributed by atoms with Crippen molar-refractivity contribution < 1.29 is 5.11 Å². The summed E-state index contributed by atoms with van der Waals surface area (Å²) in [5.41, 5.74) is 4.18. The number of benzene rings is 1. The summed E-state index contributed by atoms with van der Waals surface area (Å²) >= 11 is 6.11. The Bertz CT molecular complexity index is 599. The van der Waals surface area contributed by atoms with Crippen molar-refractivity contribution in [3.8, 4) is 0 Å². The van der Waals surface area contributed by atoms with Gasteiger partial charge in [0.15, 0.2) is 0 Å². The molecule has 0 fully saturated rings. The fourth-order valence-corrected chi connectivity index (χ4v) is 2.19. The summed E-state index contributed by atoms with van der Waals surface area (Å²) in [7, 11) is 0. The summed E-state index contributed by atoms with van der Waals surface area (Å²) in [6.07, 6.45) is 0.0152. The number of nitrogens with zero attached hydrogens (tertiary/aromatic N) is 2. The second-order valence-electron chi connectivity index (χ2n) is 4.65. The third-order valence-corrected chi connectivity index (χ3v) is 3.57. The number of rotatable bonds is 3. The van der Waals surface area contributed by atoms with Crippen LogP contribution in [0.5, 0.6) is 0 Å². The lowest BCUT2D eigenvalue weighted by atomic mass is 9.98. The van der Waals surface area contributed by atoms with E-state index in [9.17, 15) is 5.11 Å². The van der Waals surface area contributed by atoms with Crippen molar-refractivity contribution in [2.24, 2.45) is 0 Å². The minimum Gasteiger partial charge on any atom is -0.384 e. The van der Waals surface area contributed by atoms with Gasteiger partial charge in [-0.05, 0) is 43.5 Å². The van der Waals surface area contributed by atoms with Crippen molar-refractivity contribution in [1.82, 2.24) is 10.2 Å². The third kappa shape index (κ3) is 2.94. The molecule has 1 N–H and O–H groups in total. The summed E-state index contributed by atoms with van der Waals surface area (Å²) < 4.78 is 0. The van der Waals surface area contributed by atoms with Gasteiger partial charge in [-0.25, -0.2) is 0 Å². The van der Waals surface area contributed by atoms with Gasteiger partial charge in [0, 0.05) is 10.6 Å². The number of halogens is 1. The van der Waals surface area contributed by atoms with Gasteiger partial charge >= 0.3 is 0 Å². The molecule has 0 saturated heterocycles. The molecule has 2 rings (SSSR count). The molecule has 0 bridgehead atoms. The van der Waals surface area contributed by atoms with Gasteiger partial charge in [0.2, 0.25) is 0 Å². The van der Waals surface area contributed by atoms with Gasteiger partial charge in [0.05, 0.1) is 11.4 Å². The molecule has 4 heteroatoms. The number of aliphatic hydroxyl groups is 1. The zero-order valence-corrected chi connectivity index (χ0v) is 12.1. The van der Waals surface area contributed by atoms with E-state index in [1.54, 1.807) is 6.07 Å². The van der Waals surface area contributed by atoms with E-state index >= 15 is 0 Å². The van der Waals surface area contributed by atoms with Crippen molar-refractivity contribution in [1.29, 1.82) is 0 Å². The van der Waals surface area contributed by atoms with Crippen LogP contribution in [0, 0.1) is 13.8 Å². The molecule has 1 heterocycles. The standard InChI is InChI=1S/C15H17ClN2O/c1-4-14-12(7-10(3)17-18-14)15(19)11-6-5-9(2)13(16)8-11/h5-8,15,19H,4H2,1-3H3. The molecular formula is C15H17ClN2O. The molecule has 1 aromatic carbocycles. The monoisotopic (exact) mass is 276 g/mol. The number of aliphatic hydroxyl groups excluding tert-OH is 1. The number of aromatic nitrogens is 2. The van der Waals surface area contributed by atoms with Crippen LogP contribution in [0.15, 0.2) is 24.3 Å². The molecule has 3 nitrogen and oxygen atoms in total. The van der Waals surface area contributed by atoms with Gasteiger partial charge in [-0.3, -0.25) is 0 Å². The number of hydrogen-bond donors (Lipinski definition) is 1. The predicted octanol–water partition coefficient (Wildman–Crippen LogP) is 3.39. The van der Waals surface area contributed by atoms with E-state index in [2.05, 4.69) is 10.2 Å². The second-order valence-corrected chi connectivity index (χ2v) is 5.06. The van der Waals surface area contributed by atoms with Gasteiger partial charge in [-0.15, -0.1) is 0 Å². The van der Waals surface area contributed by atoms with Crippen molar-refractivity contribution in [2.75, 3.05) is 0 Å². The van der Waals surface area contributed by atoms with Crippen LogP contribution in [0.4, 0.5) is 0 Å². The topological polar surface area (TPSA) is 46.0 Å². The average Bonchev–Trinajstić information content (AvgIpc) is 2.41. The maximum Gasteiger partial charge on any atom is 0.106 e. The van der Waals surface area contributed by atoms with Crippen LogP contribution >= 0.6 is 11.6 Å². The van der Waals surface area contributed by atoms with E-state index in [1.807, 2.05) is 39.0 Å². The van der Waals surface area contributed by atoms with Gasteiger partial charge < -0.3 is 5.11 Å². The number of aryl methyl sites for hydroxylation is 3. The Morgan fingerprint density at radius 1 is 1.21 bits per heavy atom. The summed E-state index contributed by atoms with van der Waals surface area (Å²) in [4.78, 5) is 0. The summed E-state index contributed by atoms with van der Waals surface area (Å²) in [6.45, 7) is 5.80. The molecule has 0 aliphatic carbocycles. The van der Waals surface area contributed by atoms with Crippen LogP contribution in [-0.4, -0.2) is 15.3 Å². The van der Waals surface area contributed by atoms with Crippen molar-refractivity contribution >= 4 is 11.6 Å². The molecule has 0 spiro atoms. The Morgan fingerprint density at radius 2 is 1.95 bits per heavy atom. The maximum atomic E-state index is 10.5. The molecule has 19 heavy (non-hydrogen) atoms. The molecule has 0 saturated carbocycles. The van der Waals surface area contributed by atoms with Gasteiger partial charge in [0.1, 0.15) is 6.10 Å². The van der Waals surface area contributed by atoms with Gasteiger partial charge in [-0.2, -0.15) is 10.2 Å². The first kappa shape index (κ1) is 14.0. The van der Waals surface area contributed by atoms with Crippen LogP contribution in [-0.2, 0) is 6.42 Å². The maximum absolute atomic E-state index is 10.5. The SMILES string of the molecule is CCc1nnc(C)cc1C(O)c1ccc(C)c(Cl)c1. The molecule has 2 aromatic rings. The first-order chi connectivity index (χ1) is 9.02. The highest BCUT2D eigenvalue weighted by molar-refractivity contribution is 6.31. The van der Waals surface area contributed by atoms with Crippen LogP contribution in [0.25, 0.3) is 0 Å². The Labute approximate surface area is 118 Å². The molecule has 1 aromatic heterocycles. The lowest BCUT2D eigenvalue weighted by Gasteiger charge is -2.15. The number of hydrogen-bond acceptors (Lipinski definition) is 3. The molecule has 100 valence electrons. The molecule has 0 aliphatic rings. The highest BCUT2D eigenvalue weighted by atomic mass is 35.5. The molecule has 1 unspecified atom stereocenters. The fraction of sp³-hybridized carbons (Fsp3) is 0.333. The van der Waals surface area contributed by atoms with Gasteiger partial charge in [0.25, 0.3) is 0 Å². The second kappa shape index (κ2) is 5.68. The Balaban J connectivity index is 2.45. The van der Waals surface area contributed by atoms with E-state index < -0.39 is 6.10 Å². The minimum absolute atomic E-state index is 0.660. The van der Waals surface area contributed by atoms with Crippen LogP contribution in [0.2, 0.25) is 5.02 Å². The van der Waals surface area contributed by atoms with E-state index in [0.29, 0.717) is 5.02 Å². The minimum atomic E-state index is -0.720.